The normalized spacial score (nSPS) is 34.2. The van der Waals surface area contributed by atoms with Gasteiger partial charge in [-0.15, -0.1) is 11.3 Å². The Morgan fingerprint density at radius 2 is 2.15 bits per heavy atom. The van der Waals surface area contributed by atoms with E-state index in [4.69, 9.17) is 4.74 Å². The van der Waals surface area contributed by atoms with Crippen LogP contribution in [-0.2, 0) is 16.5 Å². The Kier molecular flexibility index (Phi) is 3.38. The molecule has 0 saturated carbocycles. The molecule has 2 aliphatic heterocycles. The molecule has 112 valence electrons. The first kappa shape index (κ1) is 14.4. The van der Waals surface area contributed by atoms with Crippen molar-refractivity contribution in [2.75, 3.05) is 13.2 Å². The van der Waals surface area contributed by atoms with Crippen molar-refractivity contribution in [1.82, 2.24) is 5.32 Å². The Hall–Kier alpha value is -0.590. The third-order valence-corrected chi connectivity index (χ3v) is 5.66. The summed E-state index contributed by atoms with van der Waals surface area (Å²) in [5.41, 5.74) is 0.258. The number of hydrogen-bond donors (Lipinski definition) is 1. The average molecular weight is 305 g/mol. The number of fused-ring (bicyclic) bond motifs is 2. The van der Waals surface area contributed by atoms with E-state index >= 15 is 0 Å². The van der Waals surface area contributed by atoms with Crippen LogP contribution in [-0.4, -0.2) is 19.2 Å². The quantitative estimate of drug-likeness (QED) is 0.785. The molecule has 0 amide bonds. The minimum Gasteiger partial charge on any atom is -0.369 e. The highest BCUT2D eigenvalue weighted by Crippen LogP contribution is 2.50. The smallest absolute Gasteiger partial charge is 0.369 e. The molecule has 6 heteroatoms. The molecule has 1 aromatic rings. The number of nitrogens with one attached hydrogen (secondary N) is 1. The van der Waals surface area contributed by atoms with Crippen LogP contribution in [0.4, 0.5) is 13.2 Å². The Morgan fingerprint density at radius 1 is 1.40 bits per heavy atom. The van der Waals surface area contributed by atoms with E-state index in [9.17, 15) is 13.2 Å². The van der Waals surface area contributed by atoms with Crippen LogP contribution in [0.25, 0.3) is 0 Å². The third-order valence-electron chi connectivity index (χ3n) is 4.25. The molecule has 1 aromatic heterocycles. The van der Waals surface area contributed by atoms with Crippen LogP contribution in [0.15, 0.2) is 6.07 Å². The van der Waals surface area contributed by atoms with Crippen LogP contribution in [0.3, 0.4) is 0 Å². The largest absolute Gasteiger partial charge is 0.425 e. The lowest BCUT2D eigenvalue weighted by molar-refractivity contribution is -0.134. The summed E-state index contributed by atoms with van der Waals surface area (Å²) in [6, 6.07) is 1.59. The minimum absolute atomic E-state index is 0.0434. The minimum atomic E-state index is -4.26. The fraction of sp³-hybridized carbons (Fsp3) is 0.714. The van der Waals surface area contributed by atoms with Crippen molar-refractivity contribution in [3.8, 4) is 0 Å². The highest BCUT2D eigenvalue weighted by Gasteiger charge is 2.46. The maximum atomic E-state index is 13.0. The summed E-state index contributed by atoms with van der Waals surface area (Å²) in [5.74, 6) is 0.0434. The molecule has 3 atom stereocenters. The molecular weight excluding hydrogens is 287 g/mol. The second-order valence-electron chi connectivity index (χ2n) is 5.90. The Morgan fingerprint density at radius 3 is 2.80 bits per heavy atom. The molecule has 0 radical (unpaired) electrons. The fourth-order valence-electron chi connectivity index (χ4n) is 3.27. The molecule has 3 heterocycles. The van der Waals surface area contributed by atoms with Crippen LogP contribution in [0.1, 0.15) is 47.9 Å². The second kappa shape index (κ2) is 4.71. The second-order valence-corrected chi connectivity index (χ2v) is 6.99. The molecule has 0 aromatic carbocycles. The number of alkyl halides is 3. The Bertz CT molecular complexity index is 513. The third kappa shape index (κ3) is 2.27. The van der Waals surface area contributed by atoms with E-state index in [1.807, 2.05) is 6.92 Å². The maximum absolute atomic E-state index is 13.0. The lowest BCUT2D eigenvalue weighted by atomic mass is 9.79. The lowest BCUT2D eigenvalue weighted by Crippen LogP contribution is -2.48. The van der Waals surface area contributed by atoms with Gasteiger partial charge in [0.1, 0.15) is 4.88 Å². The molecule has 3 rings (SSSR count). The van der Waals surface area contributed by atoms with E-state index < -0.39 is 16.7 Å². The average Bonchev–Trinajstić information content (AvgIpc) is 2.81. The van der Waals surface area contributed by atoms with Gasteiger partial charge >= 0.3 is 6.18 Å². The highest BCUT2D eigenvalue weighted by molar-refractivity contribution is 7.12. The molecule has 1 N–H and O–H groups in total. The topological polar surface area (TPSA) is 21.3 Å². The van der Waals surface area contributed by atoms with E-state index in [1.54, 1.807) is 0 Å². The molecule has 2 unspecified atom stereocenters. The zero-order chi connectivity index (χ0) is 14.5. The predicted octanol–water partition coefficient (Wildman–Crippen LogP) is 3.87. The van der Waals surface area contributed by atoms with Crippen molar-refractivity contribution < 1.29 is 17.9 Å². The number of hydrogen-bond acceptors (Lipinski definition) is 3. The van der Waals surface area contributed by atoms with Gasteiger partial charge in [-0.2, -0.15) is 13.2 Å². The maximum Gasteiger partial charge on any atom is 0.425 e. The van der Waals surface area contributed by atoms with Gasteiger partial charge in [0.15, 0.2) is 0 Å². The molecule has 1 spiro atoms. The zero-order valence-corrected chi connectivity index (χ0v) is 12.3. The SMILES string of the molecule is CC1COC2(CCN[C@@H](C)C2)c2cc(C(F)(F)F)sc21. The molecule has 0 bridgehead atoms. The van der Waals surface area contributed by atoms with Crippen molar-refractivity contribution in [2.45, 2.75) is 50.4 Å². The molecule has 1 saturated heterocycles. The number of rotatable bonds is 0. The molecule has 2 nitrogen and oxygen atoms in total. The lowest BCUT2D eigenvalue weighted by Gasteiger charge is -2.44. The standard InChI is InChI=1S/C14H18F3NOS/c1-8-7-19-13(3-4-18-9(2)6-13)10-5-11(14(15,16)17)20-12(8)10/h5,8-9,18H,3-4,6-7H2,1-2H3/t8?,9-,13?/m0/s1. The molecule has 2 aliphatic rings. The van der Waals surface area contributed by atoms with Gasteiger partial charge in [-0.05, 0) is 37.9 Å². The molecular formula is C14H18F3NOS. The van der Waals surface area contributed by atoms with E-state index in [0.29, 0.717) is 6.61 Å². The summed E-state index contributed by atoms with van der Waals surface area (Å²) in [6.45, 7) is 5.29. The van der Waals surface area contributed by atoms with E-state index in [2.05, 4.69) is 12.2 Å². The van der Waals surface area contributed by atoms with Crippen molar-refractivity contribution in [1.29, 1.82) is 0 Å². The van der Waals surface area contributed by atoms with Gasteiger partial charge in [-0.1, -0.05) is 6.92 Å². The van der Waals surface area contributed by atoms with Gasteiger partial charge in [0, 0.05) is 16.8 Å². The van der Waals surface area contributed by atoms with Gasteiger partial charge in [0.25, 0.3) is 0 Å². The Balaban J connectivity index is 2.06. The number of ether oxygens (including phenoxy) is 1. The van der Waals surface area contributed by atoms with Crippen molar-refractivity contribution in [3.63, 3.8) is 0 Å². The molecule has 20 heavy (non-hydrogen) atoms. The number of halogens is 3. The summed E-state index contributed by atoms with van der Waals surface area (Å²) in [4.78, 5) is 0.364. The number of thiophene rings is 1. The van der Waals surface area contributed by atoms with Gasteiger partial charge in [0.2, 0.25) is 0 Å². The molecule has 1 fully saturated rings. The van der Waals surface area contributed by atoms with Crippen LogP contribution in [0, 0.1) is 0 Å². The Labute approximate surface area is 120 Å². The van der Waals surface area contributed by atoms with Crippen molar-refractivity contribution in [3.05, 3.63) is 21.4 Å². The summed E-state index contributed by atoms with van der Waals surface area (Å²) < 4.78 is 45.0. The van der Waals surface area contributed by atoms with Gasteiger partial charge in [-0.25, -0.2) is 0 Å². The van der Waals surface area contributed by atoms with Crippen molar-refractivity contribution >= 4 is 11.3 Å². The van der Waals surface area contributed by atoms with Crippen LogP contribution < -0.4 is 5.32 Å². The van der Waals surface area contributed by atoms with Gasteiger partial charge < -0.3 is 10.1 Å². The first-order valence-electron chi connectivity index (χ1n) is 6.90. The van der Waals surface area contributed by atoms with Crippen LogP contribution in [0.5, 0.6) is 0 Å². The molecule has 0 aliphatic carbocycles. The highest BCUT2D eigenvalue weighted by atomic mass is 32.1. The summed E-state index contributed by atoms with van der Waals surface area (Å²) in [5, 5.41) is 3.33. The summed E-state index contributed by atoms with van der Waals surface area (Å²) in [7, 11) is 0. The number of piperidine rings is 1. The first-order valence-corrected chi connectivity index (χ1v) is 7.72. The monoisotopic (exact) mass is 305 g/mol. The van der Waals surface area contributed by atoms with Gasteiger partial charge in [0.05, 0.1) is 12.2 Å². The predicted molar refractivity (Wildman–Crippen MR) is 72.1 cm³/mol. The van der Waals surface area contributed by atoms with Crippen LogP contribution in [0.2, 0.25) is 0 Å². The van der Waals surface area contributed by atoms with E-state index in [1.165, 1.54) is 6.07 Å². The van der Waals surface area contributed by atoms with E-state index in [-0.39, 0.29) is 12.0 Å². The van der Waals surface area contributed by atoms with Crippen molar-refractivity contribution in [2.24, 2.45) is 0 Å². The zero-order valence-electron chi connectivity index (χ0n) is 11.5. The first-order chi connectivity index (χ1) is 9.32. The van der Waals surface area contributed by atoms with Crippen LogP contribution >= 0.6 is 11.3 Å². The summed E-state index contributed by atoms with van der Waals surface area (Å²) in [6.07, 6.45) is -2.78. The van der Waals surface area contributed by atoms with Gasteiger partial charge in [-0.3, -0.25) is 0 Å². The fourth-order valence-corrected chi connectivity index (χ4v) is 4.42. The van der Waals surface area contributed by atoms with E-state index in [0.717, 1.165) is 41.2 Å². The summed E-state index contributed by atoms with van der Waals surface area (Å²) >= 11 is 0.894.